The molecule has 2 heterocycles. The van der Waals surface area contributed by atoms with Crippen molar-refractivity contribution in [2.24, 2.45) is 0 Å². The zero-order valence-electron chi connectivity index (χ0n) is 11.2. The largest absolute Gasteiger partial charge is 0.389 e. The molecule has 7 nitrogen and oxygen atoms in total. The first-order valence-electron chi connectivity index (χ1n) is 6.51. The molecule has 0 aliphatic carbocycles. The summed E-state index contributed by atoms with van der Waals surface area (Å²) in [6, 6.07) is 3.07. The van der Waals surface area contributed by atoms with Crippen molar-refractivity contribution >= 4 is 15.8 Å². The van der Waals surface area contributed by atoms with Gasteiger partial charge in [0.15, 0.2) is 0 Å². The predicted molar refractivity (Wildman–Crippen MR) is 73.8 cm³/mol. The van der Waals surface area contributed by atoms with Gasteiger partial charge < -0.3 is 15.5 Å². The second-order valence-corrected chi connectivity index (χ2v) is 6.70. The standard InChI is InChI=1S/C12H19N3O4S/c1-2-5-13-12-4-3-9(6-14-12)20(18,19)15-7-10(16)11(17)8-15/h3-4,6,10-11,16-17H,2,5,7-8H2,1H3,(H,13,14). The van der Waals surface area contributed by atoms with Crippen LogP contribution >= 0.6 is 0 Å². The van der Waals surface area contributed by atoms with Gasteiger partial charge in [-0.15, -0.1) is 0 Å². The van der Waals surface area contributed by atoms with Gasteiger partial charge in [-0.25, -0.2) is 13.4 Å². The number of rotatable bonds is 5. The van der Waals surface area contributed by atoms with Gasteiger partial charge >= 0.3 is 0 Å². The van der Waals surface area contributed by atoms with Gasteiger partial charge in [-0.2, -0.15) is 4.31 Å². The molecule has 2 rings (SSSR count). The lowest BCUT2D eigenvalue weighted by Crippen LogP contribution is -2.30. The van der Waals surface area contributed by atoms with E-state index in [-0.39, 0.29) is 18.0 Å². The first-order valence-corrected chi connectivity index (χ1v) is 7.95. The van der Waals surface area contributed by atoms with Crippen LogP contribution in [0.25, 0.3) is 0 Å². The maximum atomic E-state index is 12.3. The molecule has 0 amide bonds. The lowest BCUT2D eigenvalue weighted by Gasteiger charge is -2.15. The minimum Gasteiger partial charge on any atom is -0.389 e. The Morgan fingerprint density at radius 1 is 1.35 bits per heavy atom. The van der Waals surface area contributed by atoms with Crippen LogP contribution in [-0.4, -0.2) is 59.8 Å². The van der Waals surface area contributed by atoms with E-state index >= 15 is 0 Å². The first kappa shape index (κ1) is 15.2. The van der Waals surface area contributed by atoms with Gasteiger partial charge in [-0.05, 0) is 18.6 Å². The molecule has 2 atom stereocenters. The number of sulfonamides is 1. The second kappa shape index (κ2) is 6.04. The normalized spacial score (nSPS) is 23.9. The van der Waals surface area contributed by atoms with E-state index in [1.54, 1.807) is 6.07 Å². The van der Waals surface area contributed by atoms with Gasteiger partial charge in [-0.3, -0.25) is 0 Å². The number of anilines is 1. The Balaban J connectivity index is 2.14. The van der Waals surface area contributed by atoms with Crippen LogP contribution in [0.1, 0.15) is 13.3 Å². The molecule has 20 heavy (non-hydrogen) atoms. The fraction of sp³-hybridized carbons (Fsp3) is 0.583. The number of hydrogen-bond acceptors (Lipinski definition) is 6. The summed E-state index contributed by atoms with van der Waals surface area (Å²) in [7, 11) is -3.72. The summed E-state index contributed by atoms with van der Waals surface area (Å²) in [5, 5.41) is 21.9. The quantitative estimate of drug-likeness (QED) is 0.686. The Kier molecular flexibility index (Phi) is 4.59. The monoisotopic (exact) mass is 301 g/mol. The first-order chi connectivity index (χ1) is 9.45. The zero-order valence-corrected chi connectivity index (χ0v) is 12.0. The van der Waals surface area contributed by atoms with Gasteiger partial charge in [0.2, 0.25) is 10.0 Å². The van der Waals surface area contributed by atoms with Crippen LogP contribution in [0.2, 0.25) is 0 Å². The van der Waals surface area contributed by atoms with Gasteiger partial charge in [0.25, 0.3) is 0 Å². The molecule has 1 aliphatic heterocycles. The average molecular weight is 301 g/mol. The third-order valence-electron chi connectivity index (χ3n) is 3.16. The summed E-state index contributed by atoms with van der Waals surface area (Å²) in [4.78, 5) is 4.11. The second-order valence-electron chi connectivity index (χ2n) is 4.76. The minimum absolute atomic E-state index is 0.0563. The summed E-state index contributed by atoms with van der Waals surface area (Å²) in [6.07, 6.45) is 0.154. The number of nitrogens with zero attached hydrogens (tertiary/aromatic N) is 2. The number of β-amino-alcohol motifs (C(OH)–C–C–N with tert-alkyl or cyclic N) is 2. The number of hydrogen-bond donors (Lipinski definition) is 3. The Bertz CT molecular complexity index is 536. The third-order valence-corrected chi connectivity index (χ3v) is 4.97. The van der Waals surface area contributed by atoms with E-state index in [1.807, 2.05) is 6.92 Å². The van der Waals surface area contributed by atoms with Crippen LogP contribution in [-0.2, 0) is 10.0 Å². The van der Waals surface area contributed by atoms with Crippen molar-refractivity contribution in [2.75, 3.05) is 25.0 Å². The number of pyridine rings is 1. The Morgan fingerprint density at radius 2 is 2.00 bits per heavy atom. The van der Waals surface area contributed by atoms with Crippen LogP contribution in [0.15, 0.2) is 23.2 Å². The lowest BCUT2D eigenvalue weighted by atomic mass is 10.3. The minimum atomic E-state index is -3.72. The number of nitrogens with one attached hydrogen (secondary N) is 1. The van der Waals surface area contributed by atoms with Crippen molar-refractivity contribution in [3.8, 4) is 0 Å². The van der Waals surface area contributed by atoms with Crippen molar-refractivity contribution in [1.82, 2.24) is 9.29 Å². The van der Waals surface area contributed by atoms with Crippen molar-refractivity contribution in [3.05, 3.63) is 18.3 Å². The highest BCUT2D eigenvalue weighted by Gasteiger charge is 2.37. The maximum Gasteiger partial charge on any atom is 0.244 e. The number of aliphatic hydroxyl groups excluding tert-OH is 2. The van der Waals surface area contributed by atoms with Crippen LogP contribution in [0.3, 0.4) is 0 Å². The van der Waals surface area contributed by atoms with Crippen LogP contribution in [0.4, 0.5) is 5.82 Å². The van der Waals surface area contributed by atoms with Crippen molar-refractivity contribution in [3.63, 3.8) is 0 Å². The molecule has 0 saturated carbocycles. The van der Waals surface area contributed by atoms with Crippen molar-refractivity contribution in [2.45, 2.75) is 30.4 Å². The fourth-order valence-electron chi connectivity index (χ4n) is 1.97. The van der Waals surface area contributed by atoms with Crippen LogP contribution in [0.5, 0.6) is 0 Å². The number of aliphatic hydroxyl groups is 2. The van der Waals surface area contributed by atoms with E-state index in [0.717, 1.165) is 17.3 Å². The molecule has 8 heteroatoms. The molecular weight excluding hydrogens is 282 g/mol. The molecule has 1 fully saturated rings. The van der Waals surface area contributed by atoms with Crippen LogP contribution in [0, 0.1) is 0 Å². The molecule has 0 spiro atoms. The summed E-state index contributed by atoms with van der Waals surface area (Å²) in [5.41, 5.74) is 0. The molecule has 3 N–H and O–H groups in total. The highest BCUT2D eigenvalue weighted by atomic mass is 32.2. The van der Waals surface area contributed by atoms with Gasteiger partial charge in [-0.1, -0.05) is 6.92 Å². The summed E-state index contributed by atoms with van der Waals surface area (Å²) in [6.45, 7) is 2.60. The van der Waals surface area contributed by atoms with E-state index in [1.165, 1.54) is 12.3 Å². The van der Waals surface area contributed by atoms with E-state index < -0.39 is 22.2 Å². The van der Waals surface area contributed by atoms with E-state index in [2.05, 4.69) is 10.3 Å². The highest BCUT2D eigenvalue weighted by molar-refractivity contribution is 7.89. The molecule has 1 aromatic heterocycles. The smallest absolute Gasteiger partial charge is 0.244 e. The predicted octanol–water partition coefficient (Wildman–Crippen LogP) is -0.370. The highest BCUT2D eigenvalue weighted by Crippen LogP contribution is 2.21. The van der Waals surface area contributed by atoms with Gasteiger partial charge in [0.1, 0.15) is 10.7 Å². The van der Waals surface area contributed by atoms with Crippen molar-refractivity contribution in [1.29, 1.82) is 0 Å². The molecule has 0 aromatic carbocycles. The van der Waals surface area contributed by atoms with Crippen LogP contribution < -0.4 is 5.32 Å². The van der Waals surface area contributed by atoms with E-state index in [9.17, 15) is 18.6 Å². The molecule has 0 bridgehead atoms. The van der Waals surface area contributed by atoms with E-state index in [4.69, 9.17) is 0 Å². The van der Waals surface area contributed by atoms with Gasteiger partial charge in [0, 0.05) is 25.8 Å². The fourth-order valence-corrected chi connectivity index (χ4v) is 3.39. The third kappa shape index (κ3) is 3.09. The van der Waals surface area contributed by atoms with E-state index in [0.29, 0.717) is 5.82 Å². The Morgan fingerprint density at radius 3 is 2.50 bits per heavy atom. The molecule has 1 saturated heterocycles. The molecule has 0 radical (unpaired) electrons. The Labute approximate surface area is 118 Å². The average Bonchev–Trinajstić information content (AvgIpc) is 2.77. The van der Waals surface area contributed by atoms with Crippen molar-refractivity contribution < 1.29 is 18.6 Å². The molecule has 2 unspecified atom stereocenters. The molecular formula is C12H19N3O4S. The summed E-state index contributed by atoms with van der Waals surface area (Å²) < 4.78 is 25.7. The molecule has 1 aliphatic rings. The molecule has 1 aromatic rings. The Hall–Kier alpha value is -1.22. The summed E-state index contributed by atoms with van der Waals surface area (Å²) in [5.74, 6) is 0.618. The summed E-state index contributed by atoms with van der Waals surface area (Å²) >= 11 is 0. The maximum absolute atomic E-state index is 12.3. The SMILES string of the molecule is CCCNc1ccc(S(=O)(=O)N2CC(O)C(O)C2)cn1. The number of aromatic nitrogens is 1. The molecule has 112 valence electrons. The topological polar surface area (TPSA) is 103 Å². The lowest BCUT2D eigenvalue weighted by molar-refractivity contribution is 0.0572. The zero-order chi connectivity index (χ0) is 14.8. The van der Waals surface area contributed by atoms with Gasteiger partial charge in [0.05, 0.1) is 12.2 Å².